The second-order valence-electron chi connectivity index (χ2n) is 4.17. The lowest BCUT2D eigenvalue weighted by Gasteiger charge is -2.12. The summed E-state index contributed by atoms with van der Waals surface area (Å²) in [5.74, 6) is 1.16. The summed E-state index contributed by atoms with van der Waals surface area (Å²) in [6.45, 7) is 5.60. The van der Waals surface area contributed by atoms with Gasteiger partial charge in [-0.2, -0.15) is 0 Å². The van der Waals surface area contributed by atoms with Crippen molar-refractivity contribution in [2.45, 2.75) is 44.3 Å². The number of aromatic nitrogens is 2. The minimum atomic E-state index is 0.641. The van der Waals surface area contributed by atoms with Gasteiger partial charge in [0, 0.05) is 31.2 Å². The molecule has 0 fully saturated rings. The van der Waals surface area contributed by atoms with Crippen molar-refractivity contribution in [1.29, 1.82) is 0 Å². The molecule has 0 aliphatic carbocycles. The molecule has 1 aromatic rings. The van der Waals surface area contributed by atoms with Crippen LogP contribution in [0.1, 0.15) is 33.1 Å². The lowest BCUT2D eigenvalue weighted by Crippen LogP contribution is -2.26. The zero-order valence-corrected chi connectivity index (χ0v) is 11.4. The Balaban J connectivity index is 2.06. The summed E-state index contributed by atoms with van der Waals surface area (Å²) in [4.78, 5) is 4.29. The maximum Gasteiger partial charge on any atom is 0.167 e. The SMILES string of the molecule is CCCNC(C)CCCSc1nccn1C. The van der Waals surface area contributed by atoms with E-state index in [-0.39, 0.29) is 0 Å². The van der Waals surface area contributed by atoms with Gasteiger partial charge in [0.2, 0.25) is 0 Å². The fourth-order valence-corrected chi connectivity index (χ4v) is 2.43. The van der Waals surface area contributed by atoms with E-state index in [0.717, 1.165) is 17.5 Å². The zero-order valence-electron chi connectivity index (χ0n) is 10.6. The van der Waals surface area contributed by atoms with Crippen LogP contribution in [0.5, 0.6) is 0 Å². The van der Waals surface area contributed by atoms with Crippen LogP contribution in [0, 0.1) is 0 Å². The minimum Gasteiger partial charge on any atom is -0.329 e. The number of thioether (sulfide) groups is 1. The second-order valence-corrected chi connectivity index (χ2v) is 5.23. The maximum absolute atomic E-state index is 4.29. The molecular weight excluding hydrogens is 218 g/mol. The molecule has 0 saturated carbocycles. The topological polar surface area (TPSA) is 29.9 Å². The fourth-order valence-electron chi connectivity index (χ4n) is 1.54. The molecule has 1 atom stereocenters. The van der Waals surface area contributed by atoms with Crippen LogP contribution in [-0.2, 0) is 7.05 Å². The molecule has 1 heterocycles. The highest BCUT2D eigenvalue weighted by Gasteiger charge is 2.02. The van der Waals surface area contributed by atoms with Crippen LogP contribution in [0.3, 0.4) is 0 Å². The van der Waals surface area contributed by atoms with E-state index in [1.54, 1.807) is 0 Å². The van der Waals surface area contributed by atoms with Gasteiger partial charge in [0.05, 0.1) is 0 Å². The van der Waals surface area contributed by atoms with E-state index >= 15 is 0 Å². The molecule has 1 aromatic heterocycles. The second kappa shape index (κ2) is 7.74. The highest BCUT2D eigenvalue weighted by Crippen LogP contribution is 2.16. The average Bonchev–Trinajstić information content (AvgIpc) is 2.67. The van der Waals surface area contributed by atoms with E-state index in [0.29, 0.717) is 6.04 Å². The quantitative estimate of drug-likeness (QED) is 0.560. The molecular formula is C12H23N3S. The first-order chi connectivity index (χ1) is 7.74. The lowest BCUT2D eigenvalue weighted by atomic mass is 10.2. The van der Waals surface area contributed by atoms with Gasteiger partial charge in [0.1, 0.15) is 0 Å². The third kappa shape index (κ3) is 5.03. The first kappa shape index (κ1) is 13.6. The van der Waals surface area contributed by atoms with Gasteiger partial charge in [-0.15, -0.1) is 0 Å². The van der Waals surface area contributed by atoms with Gasteiger partial charge in [0.15, 0.2) is 5.16 Å². The molecule has 0 amide bonds. The number of nitrogens with zero attached hydrogens (tertiary/aromatic N) is 2. The predicted molar refractivity (Wildman–Crippen MR) is 70.9 cm³/mol. The van der Waals surface area contributed by atoms with Gasteiger partial charge in [-0.05, 0) is 32.7 Å². The van der Waals surface area contributed by atoms with Gasteiger partial charge < -0.3 is 9.88 Å². The van der Waals surface area contributed by atoms with Crippen LogP contribution < -0.4 is 5.32 Å². The summed E-state index contributed by atoms with van der Waals surface area (Å²) in [6, 6.07) is 0.641. The van der Waals surface area contributed by atoms with E-state index in [9.17, 15) is 0 Å². The van der Waals surface area contributed by atoms with Crippen LogP contribution in [-0.4, -0.2) is 27.9 Å². The van der Waals surface area contributed by atoms with Gasteiger partial charge in [-0.25, -0.2) is 4.98 Å². The molecule has 0 saturated heterocycles. The van der Waals surface area contributed by atoms with Gasteiger partial charge in [-0.3, -0.25) is 0 Å². The smallest absolute Gasteiger partial charge is 0.167 e. The maximum atomic E-state index is 4.29. The Morgan fingerprint density at radius 1 is 1.56 bits per heavy atom. The van der Waals surface area contributed by atoms with Crippen LogP contribution in [0.4, 0.5) is 0 Å². The van der Waals surface area contributed by atoms with Crippen LogP contribution in [0.25, 0.3) is 0 Å². The van der Waals surface area contributed by atoms with E-state index in [2.05, 4.69) is 28.7 Å². The molecule has 0 aromatic carbocycles. The molecule has 92 valence electrons. The standard InChI is InChI=1S/C12H23N3S/c1-4-7-13-11(2)6-5-10-16-12-14-8-9-15(12)3/h8-9,11,13H,4-7,10H2,1-3H3. The molecule has 0 aliphatic rings. The van der Waals surface area contributed by atoms with Gasteiger partial charge in [0.25, 0.3) is 0 Å². The highest BCUT2D eigenvalue weighted by molar-refractivity contribution is 7.99. The fraction of sp³-hybridized carbons (Fsp3) is 0.750. The average molecular weight is 241 g/mol. The van der Waals surface area contributed by atoms with E-state index in [4.69, 9.17) is 0 Å². The van der Waals surface area contributed by atoms with Crippen molar-refractivity contribution < 1.29 is 0 Å². The van der Waals surface area contributed by atoms with E-state index in [1.807, 2.05) is 31.2 Å². The van der Waals surface area contributed by atoms with Crippen molar-refractivity contribution in [3.63, 3.8) is 0 Å². The highest BCUT2D eigenvalue weighted by atomic mass is 32.2. The Bertz CT molecular complexity index is 286. The van der Waals surface area contributed by atoms with Crippen LogP contribution >= 0.6 is 11.8 Å². The van der Waals surface area contributed by atoms with Crippen molar-refractivity contribution in [3.8, 4) is 0 Å². The van der Waals surface area contributed by atoms with Crippen molar-refractivity contribution in [2.24, 2.45) is 7.05 Å². The molecule has 0 radical (unpaired) electrons. The molecule has 0 spiro atoms. The summed E-state index contributed by atoms with van der Waals surface area (Å²) in [5, 5.41) is 4.63. The first-order valence-electron chi connectivity index (χ1n) is 6.07. The Morgan fingerprint density at radius 2 is 2.38 bits per heavy atom. The van der Waals surface area contributed by atoms with Crippen molar-refractivity contribution in [2.75, 3.05) is 12.3 Å². The summed E-state index contributed by atoms with van der Waals surface area (Å²) >= 11 is 1.84. The molecule has 1 N–H and O–H groups in total. The van der Waals surface area contributed by atoms with Crippen molar-refractivity contribution in [1.82, 2.24) is 14.9 Å². The molecule has 16 heavy (non-hydrogen) atoms. The Hall–Kier alpha value is -0.480. The molecule has 3 nitrogen and oxygen atoms in total. The molecule has 4 heteroatoms. The summed E-state index contributed by atoms with van der Waals surface area (Å²) in [6.07, 6.45) is 7.56. The normalized spacial score (nSPS) is 12.9. The summed E-state index contributed by atoms with van der Waals surface area (Å²) in [5.41, 5.74) is 0. The largest absolute Gasteiger partial charge is 0.329 e. The Morgan fingerprint density at radius 3 is 3.00 bits per heavy atom. The van der Waals surface area contributed by atoms with Gasteiger partial charge >= 0.3 is 0 Å². The number of hydrogen-bond donors (Lipinski definition) is 1. The number of rotatable bonds is 8. The van der Waals surface area contributed by atoms with Crippen LogP contribution in [0.2, 0.25) is 0 Å². The molecule has 0 bridgehead atoms. The van der Waals surface area contributed by atoms with Crippen molar-refractivity contribution in [3.05, 3.63) is 12.4 Å². The number of aryl methyl sites for hydroxylation is 1. The molecule has 0 aliphatic heterocycles. The third-order valence-corrected chi connectivity index (χ3v) is 3.68. The zero-order chi connectivity index (χ0) is 11.8. The summed E-state index contributed by atoms with van der Waals surface area (Å²) < 4.78 is 2.07. The third-order valence-electron chi connectivity index (χ3n) is 2.53. The number of imidazole rings is 1. The molecule has 1 rings (SSSR count). The first-order valence-corrected chi connectivity index (χ1v) is 7.06. The monoisotopic (exact) mass is 241 g/mol. The van der Waals surface area contributed by atoms with Crippen molar-refractivity contribution >= 4 is 11.8 Å². The van der Waals surface area contributed by atoms with Crippen LogP contribution in [0.15, 0.2) is 17.6 Å². The Labute approximate surface area is 103 Å². The molecule has 1 unspecified atom stereocenters. The van der Waals surface area contributed by atoms with Gasteiger partial charge in [-0.1, -0.05) is 18.7 Å². The number of hydrogen-bond acceptors (Lipinski definition) is 3. The lowest BCUT2D eigenvalue weighted by molar-refractivity contribution is 0.510. The predicted octanol–water partition coefficient (Wildman–Crippen LogP) is 2.68. The minimum absolute atomic E-state index is 0.641. The van der Waals surface area contributed by atoms with E-state index < -0.39 is 0 Å². The Kier molecular flexibility index (Phi) is 6.57. The number of nitrogens with one attached hydrogen (secondary N) is 1. The van der Waals surface area contributed by atoms with E-state index in [1.165, 1.54) is 19.3 Å². The summed E-state index contributed by atoms with van der Waals surface area (Å²) in [7, 11) is 2.04.